The maximum Gasteiger partial charge on any atom is 0.110 e. The van der Waals surface area contributed by atoms with Crippen LogP contribution in [0.15, 0.2) is 29.2 Å². The molecule has 0 amide bonds. The van der Waals surface area contributed by atoms with Crippen LogP contribution >= 0.6 is 11.6 Å². The smallest absolute Gasteiger partial charge is 0.110 e. The first-order chi connectivity index (χ1) is 5.61. The highest BCUT2D eigenvalue weighted by Crippen LogP contribution is 2.14. The largest absolute Gasteiger partial charge is 0.253 e. The second-order valence-electron chi connectivity index (χ2n) is 2.65. The van der Waals surface area contributed by atoms with Gasteiger partial charge in [0.1, 0.15) is 4.71 Å². The maximum atomic E-state index is 11.4. The quantitative estimate of drug-likeness (QED) is 0.674. The molecule has 3 heteroatoms. The molecule has 0 spiro atoms. The SMILES string of the molecule is Cc1ccc([S@](=O)C(C)Cl)cc1. The first-order valence-electron chi connectivity index (χ1n) is 3.72. The van der Waals surface area contributed by atoms with Crippen molar-refractivity contribution in [2.24, 2.45) is 0 Å². The van der Waals surface area contributed by atoms with Gasteiger partial charge in [-0.3, -0.25) is 4.21 Å². The molecular formula is C9H11ClOS. The highest BCUT2D eigenvalue weighted by molar-refractivity contribution is 7.87. The zero-order chi connectivity index (χ0) is 9.14. The van der Waals surface area contributed by atoms with Gasteiger partial charge >= 0.3 is 0 Å². The summed E-state index contributed by atoms with van der Waals surface area (Å²) in [6, 6.07) is 7.58. The first kappa shape index (κ1) is 9.75. The molecule has 1 nitrogen and oxygen atoms in total. The summed E-state index contributed by atoms with van der Waals surface area (Å²) >= 11 is 5.70. The van der Waals surface area contributed by atoms with Crippen LogP contribution in [0.5, 0.6) is 0 Å². The molecule has 0 aliphatic carbocycles. The third-order valence-electron chi connectivity index (χ3n) is 1.55. The van der Waals surface area contributed by atoms with E-state index in [1.165, 1.54) is 0 Å². The number of halogens is 1. The van der Waals surface area contributed by atoms with Crippen LogP contribution in [0.4, 0.5) is 0 Å². The van der Waals surface area contributed by atoms with Gasteiger partial charge in [-0.1, -0.05) is 17.7 Å². The molecule has 1 aromatic rings. The molecule has 0 saturated heterocycles. The van der Waals surface area contributed by atoms with Crippen LogP contribution < -0.4 is 0 Å². The Hall–Kier alpha value is -0.340. The molecule has 0 bridgehead atoms. The van der Waals surface area contributed by atoms with Crippen LogP contribution in [0, 0.1) is 6.92 Å². The summed E-state index contributed by atoms with van der Waals surface area (Å²) in [6.45, 7) is 3.73. The van der Waals surface area contributed by atoms with Crippen molar-refractivity contribution in [1.82, 2.24) is 0 Å². The Balaban J connectivity index is 2.90. The minimum Gasteiger partial charge on any atom is -0.253 e. The van der Waals surface area contributed by atoms with Crippen molar-refractivity contribution < 1.29 is 4.21 Å². The Morgan fingerprint density at radius 3 is 2.25 bits per heavy atom. The molecule has 0 N–H and O–H groups in total. The molecule has 0 heterocycles. The van der Waals surface area contributed by atoms with Gasteiger partial charge in [-0.25, -0.2) is 0 Å². The molecule has 1 rings (SSSR count). The number of alkyl halides is 1. The van der Waals surface area contributed by atoms with E-state index in [1.807, 2.05) is 31.2 Å². The second-order valence-corrected chi connectivity index (χ2v) is 5.34. The van der Waals surface area contributed by atoms with E-state index in [4.69, 9.17) is 11.6 Å². The number of aryl methyl sites for hydroxylation is 1. The Labute approximate surface area is 80.2 Å². The fourth-order valence-electron chi connectivity index (χ4n) is 0.860. The highest BCUT2D eigenvalue weighted by Gasteiger charge is 2.08. The summed E-state index contributed by atoms with van der Waals surface area (Å²) in [4.78, 5) is 0.795. The lowest BCUT2D eigenvalue weighted by Gasteiger charge is -2.03. The lowest BCUT2D eigenvalue weighted by molar-refractivity contribution is 0.682. The Morgan fingerprint density at radius 2 is 1.83 bits per heavy atom. The van der Waals surface area contributed by atoms with E-state index in [2.05, 4.69) is 0 Å². The minimum absolute atomic E-state index is 0.326. The number of hydrogen-bond acceptors (Lipinski definition) is 1. The van der Waals surface area contributed by atoms with E-state index >= 15 is 0 Å². The summed E-state index contributed by atoms with van der Waals surface area (Å²) in [5.74, 6) is 0. The molecule has 0 saturated carbocycles. The average Bonchev–Trinajstić information content (AvgIpc) is 2.04. The molecule has 1 aromatic carbocycles. The van der Waals surface area contributed by atoms with Crippen molar-refractivity contribution in [3.8, 4) is 0 Å². The summed E-state index contributed by atoms with van der Waals surface area (Å²) < 4.78 is 11.1. The van der Waals surface area contributed by atoms with E-state index in [0.29, 0.717) is 0 Å². The highest BCUT2D eigenvalue weighted by atomic mass is 35.5. The summed E-state index contributed by atoms with van der Waals surface area (Å²) in [7, 11) is -1.08. The normalized spacial score (nSPS) is 15.6. The van der Waals surface area contributed by atoms with Crippen LogP contribution in [-0.2, 0) is 10.8 Å². The van der Waals surface area contributed by atoms with Gasteiger partial charge in [0.15, 0.2) is 0 Å². The topological polar surface area (TPSA) is 17.1 Å². The minimum atomic E-state index is -1.08. The van der Waals surface area contributed by atoms with Crippen molar-refractivity contribution in [3.63, 3.8) is 0 Å². The molecule has 1 unspecified atom stereocenters. The third kappa shape index (κ3) is 2.32. The maximum absolute atomic E-state index is 11.4. The van der Waals surface area contributed by atoms with E-state index in [9.17, 15) is 4.21 Å². The summed E-state index contributed by atoms with van der Waals surface area (Å²) in [5, 5.41) is 0. The van der Waals surface area contributed by atoms with E-state index in [1.54, 1.807) is 6.92 Å². The average molecular weight is 203 g/mol. The predicted octanol–water partition coefficient (Wildman–Crippen LogP) is 2.69. The summed E-state index contributed by atoms with van der Waals surface area (Å²) in [5.41, 5.74) is 1.16. The Morgan fingerprint density at radius 1 is 1.33 bits per heavy atom. The van der Waals surface area contributed by atoms with Gasteiger partial charge < -0.3 is 0 Å². The van der Waals surface area contributed by atoms with Gasteiger partial charge in [0.05, 0.1) is 10.8 Å². The summed E-state index contributed by atoms with van der Waals surface area (Å²) in [6.07, 6.45) is 0. The van der Waals surface area contributed by atoms with Crippen LogP contribution in [0.3, 0.4) is 0 Å². The number of hydrogen-bond donors (Lipinski definition) is 0. The zero-order valence-electron chi connectivity index (χ0n) is 7.08. The molecule has 0 fully saturated rings. The standard InChI is InChI=1S/C9H11ClOS/c1-7-3-5-9(6-4-7)12(11)8(2)10/h3-6,8H,1-2H3/t8?,12-/m1/s1. The van der Waals surface area contributed by atoms with Crippen molar-refractivity contribution in [2.45, 2.75) is 23.5 Å². The molecule has 66 valence electrons. The van der Waals surface area contributed by atoms with Gasteiger partial charge in [-0.15, -0.1) is 11.6 Å². The number of benzene rings is 1. The van der Waals surface area contributed by atoms with Crippen molar-refractivity contribution in [3.05, 3.63) is 29.8 Å². The van der Waals surface area contributed by atoms with Gasteiger partial charge in [-0.05, 0) is 26.0 Å². The fraction of sp³-hybridized carbons (Fsp3) is 0.333. The van der Waals surface area contributed by atoms with Crippen molar-refractivity contribution in [1.29, 1.82) is 0 Å². The van der Waals surface area contributed by atoms with Gasteiger partial charge in [-0.2, -0.15) is 0 Å². The van der Waals surface area contributed by atoms with Crippen molar-refractivity contribution >= 4 is 22.4 Å². The monoisotopic (exact) mass is 202 g/mol. The van der Waals surface area contributed by atoms with Crippen LogP contribution in [0.1, 0.15) is 12.5 Å². The molecule has 0 aliphatic rings. The molecule has 0 aliphatic heterocycles. The zero-order valence-corrected chi connectivity index (χ0v) is 8.65. The third-order valence-corrected chi connectivity index (χ3v) is 3.36. The van der Waals surface area contributed by atoms with E-state index in [0.717, 1.165) is 10.5 Å². The van der Waals surface area contributed by atoms with Crippen LogP contribution in [0.2, 0.25) is 0 Å². The Kier molecular flexibility index (Phi) is 3.29. The lowest BCUT2D eigenvalue weighted by Crippen LogP contribution is -2.02. The van der Waals surface area contributed by atoms with E-state index in [-0.39, 0.29) is 4.71 Å². The van der Waals surface area contributed by atoms with E-state index < -0.39 is 10.8 Å². The second kappa shape index (κ2) is 4.06. The van der Waals surface area contributed by atoms with Gasteiger partial charge in [0, 0.05) is 4.90 Å². The lowest BCUT2D eigenvalue weighted by atomic mass is 10.2. The fourth-order valence-corrected chi connectivity index (χ4v) is 1.95. The molecular weight excluding hydrogens is 192 g/mol. The van der Waals surface area contributed by atoms with Gasteiger partial charge in [0.2, 0.25) is 0 Å². The van der Waals surface area contributed by atoms with Crippen molar-refractivity contribution in [2.75, 3.05) is 0 Å². The van der Waals surface area contributed by atoms with Gasteiger partial charge in [0.25, 0.3) is 0 Å². The predicted molar refractivity (Wildman–Crippen MR) is 52.9 cm³/mol. The molecule has 2 atom stereocenters. The molecule has 0 aromatic heterocycles. The molecule has 12 heavy (non-hydrogen) atoms. The Bertz CT molecular complexity index is 279. The van der Waals surface area contributed by atoms with Crippen LogP contribution in [0.25, 0.3) is 0 Å². The van der Waals surface area contributed by atoms with Crippen LogP contribution in [-0.4, -0.2) is 8.92 Å². The number of rotatable bonds is 2. The first-order valence-corrected chi connectivity index (χ1v) is 5.37. The molecule has 0 radical (unpaired) electrons.